The van der Waals surface area contributed by atoms with Crippen molar-refractivity contribution in [3.63, 3.8) is 0 Å². The minimum absolute atomic E-state index is 0.0514. The number of aromatic nitrogens is 7. The number of aryl methyl sites for hydroxylation is 1. The van der Waals surface area contributed by atoms with Crippen LogP contribution in [0, 0.1) is 0 Å². The molecule has 2 amide bonds. The highest BCUT2D eigenvalue weighted by molar-refractivity contribution is 5.97. The first-order valence-corrected chi connectivity index (χ1v) is 33.6. The summed E-state index contributed by atoms with van der Waals surface area (Å²) < 4.78 is 8.14. The van der Waals surface area contributed by atoms with Crippen molar-refractivity contribution in [3.05, 3.63) is 113 Å². The second kappa shape index (κ2) is 46.5. The molecule has 4 aromatic rings. The van der Waals surface area contributed by atoms with E-state index in [9.17, 15) is 29.4 Å². The maximum absolute atomic E-state index is 13.0. The Balaban J connectivity index is 1.05. The highest BCUT2D eigenvalue weighted by Gasteiger charge is 2.27. The van der Waals surface area contributed by atoms with E-state index >= 15 is 0 Å². The highest BCUT2D eigenvalue weighted by atomic mass is 16.6. The molecule has 3 aromatic heterocycles. The van der Waals surface area contributed by atoms with Gasteiger partial charge in [0, 0.05) is 43.6 Å². The number of nitrogens with one attached hydrogen (secondary N) is 4. The number of ether oxygens (including phenoxy) is 1. The molecule has 19 heteroatoms. The summed E-state index contributed by atoms with van der Waals surface area (Å²) >= 11 is 0. The summed E-state index contributed by atoms with van der Waals surface area (Å²) in [4.78, 5) is 67.1. The standard InChI is InChI=1S/C69H110N12O7/c1-4-6-8-10-12-14-16-18-20-22-24-26-28-30-32-36-47-69(87,48-37-33-31-29-27-25-23-21-19-17-15-13-11-9-7-5-2)88-52-40-50-80(3)49-38-34-35-39-51-81-56-60(78-79-81)55-72-62(82)46-45-61(67(85)86)75-65(83)57-41-43-58(44-42-57)71-53-59-54-73-64-63(74-59)66(84)77-68(70)76-64/h12-15,18-21,41-44,54,56,61,71,87H,4-11,16-17,22-40,45-53,55H2,1-3H3,(H,72,82)(H,75,83)(H,85,86)(H3,70,73,76,77,84)/b14-12-,15-13-,20-18-,21-19-/t61-/m0/s1. The van der Waals surface area contributed by atoms with Crippen LogP contribution >= 0.6 is 0 Å². The number of nitrogens with two attached hydrogens (primary N) is 1. The summed E-state index contributed by atoms with van der Waals surface area (Å²) in [6, 6.07) is 5.10. The van der Waals surface area contributed by atoms with E-state index in [0.717, 1.165) is 96.6 Å². The number of aromatic amines is 1. The number of carbonyl (C=O) groups excluding carboxylic acids is 2. The number of hydrogen-bond donors (Lipinski definition) is 7. The average molecular weight is 1220 g/mol. The highest BCUT2D eigenvalue weighted by Crippen LogP contribution is 2.26. The predicted molar refractivity (Wildman–Crippen MR) is 356 cm³/mol. The smallest absolute Gasteiger partial charge is 0.326 e. The Morgan fingerprint density at radius 2 is 1.26 bits per heavy atom. The molecular weight excluding hydrogens is 1110 g/mol. The molecule has 0 aliphatic rings. The fourth-order valence-corrected chi connectivity index (χ4v) is 10.3. The maximum atomic E-state index is 13.0. The predicted octanol–water partition coefficient (Wildman–Crippen LogP) is 13.8. The molecule has 0 radical (unpaired) electrons. The average Bonchev–Trinajstić information content (AvgIpc) is 4.15. The quantitative estimate of drug-likeness (QED) is 0.0123. The topological polar surface area (TPSA) is 268 Å². The third-order valence-electron chi connectivity index (χ3n) is 15.7. The fraction of sp³-hybridized carbons (Fsp3) is 0.638. The van der Waals surface area contributed by atoms with Gasteiger partial charge in [-0.05, 0) is 141 Å². The molecule has 1 atom stereocenters. The number of aliphatic carboxylic acids is 1. The van der Waals surface area contributed by atoms with Gasteiger partial charge in [0.15, 0.2) is 17.0 Å². The van der Waals surface area contributed by atoms with Gasteiger partial charge < -0.3 is 41.5 Å². The van der Waals surface area contributed by atoms with Gasteiger partial charge in [-0.2, -0.15) is 4.98 Å². The van der Waals surface area contributed by atoms with Crippen LogP contribution in [0.1, 0.15) is 247 Å². The van der Waals surface area contributed by atoms with Crippen LogP contribution in [0.25, 0.3) is 11.2 Å². The molecule has 0 aliphatic heterocycles. The van der Waals surface area contributed by atoms with Crippen molar-refractivity contribution in [3.8, 4) is 0 Å². The number of nitrogen functional groups attached to an aromatic ring is 1. The SMILES string of the molecule is CCCCC/C=C\C/C=C\CCCCCCCCC(O)(CCCCCCCC/C=C\C/C=C\CCCCC)OCCCN(C)CCCCCCn1cc(CNC(=O)CC[C@H](NC(=O)c2ccc(NCc3cnc4nc(N)[nH]c(=O)c4n3)cc2)C(=O)O)nn1. The molecule has 0 bridgehead atoms. The van der Waals surface area contributed by atoms with E-state index in [4.69, 9.17) is 10.5 Å². The van der Waals surface area contributed by atoms with E-state index in [1.807, 2.05) is 6.20 Å². The lowest BCUT2D eigenvalue weighted by molar-refractivity contribution is -0.214. The fourth-order valence-electron chi connectivity index (χ4n) is 10.3. The minimum atomic E-state index is -1.29. The molecule has 4 rings (SSSR count). The van der Waals surface area contributed by atoms with E-state index < -0.39 is 29.3 Å². The number of anilines is 2. The van der Waals surface area contributed by atoms with E-state index in [2.05, 4.69) is 121 Å². The van der Waals surface area contributed by atoms with Crippen LogP contribution in [0.15, 0.2) is 90.1 Å². The van der Waals surface area contributed by atoms with Crippen LogP contribution in [0.2, 0.25) is 0 Å². The number of unbranched alkanes of at least 4 members (excludes halogenated alkanes) is 21. The normalized spacial score (nSPS) is 12.5. The van der Waals surface area contributed by atoms with E-state index in [1.165, 1.54) is 109 Å². The van der Waals surface area contributed by atoms with Gasteiger partial charge in [-0.15, -0.1) is 5.10 Å². The summed E-state index contributed by atoms with van der Waals surface area (Å²) in [7, 11) is 2.16. The lowest BCUT2D eigenvalue weighted by atomic mass is 9.98. The van der Waals surface area contributed by atoms with Crippen LogP contribution in [-0.4, -0.2) is 106 Å². The summed E-state index contributed by atoms with van der Waals surface area (Å²) in [6.45, 7) is 8.06. The Morgan fingerprint density at radius 3 is 1.86 bits per heavy atom. The molecule has 488 valence electrons. The van der Waals surface area contributed by atoms with Gasteiger partial charge in [-0.25, -0.2) is 14.8 Å². The van der Waals surface area contributed by atoms with Gasteiger partial charge >= 0.3 is 5.97 Å². The van der Waals surface area contributed by atoms with Gasteiger partial charge in [0.1, 0.15) is 11.7 Å². The van der Waals surface area contributed by atoms with Crippen LogP contribution < -0.4 is 27.2 Å². The molecule has 3 heterocycles. The Kier molecular flexibility index (Phi) is 39.1. The van der Waals surface area contributed by atoms with E-state index in [1.54, 1.807) is 28.9 Å². The number of rotatable bonds is 53. The van der Waals surface area contributed by atoms with Gasteiger partial charge in [0.05, 0.1) is 37.8 Å². The second-order valence-electron chi connectivity index (χ2n) is 23.6. The number of benzene rings is 1. The number of amides is 2. The zero-order valence-corrected chi connectivity index (χ0v) is 53.9. The first-order chi connectivity index (χ1) is 42.9. The number of carboxylic acid groups (broad SMARTS) is 1. The van der Waals surface area contributed by atoms with Gasteiger partial charge in [-0.1, -0.05) is 158 Å². The number of fused-ring (bicyclic) bond motifs is 1. The van der Waals surface area contributed by atoms with Crippen LogP contribution in [0.5, 0.6) is 0 Å². The largest absolute Gasteiger partial charge is 0.480 e. The molecule has 0 spiro atoms. The summed E-state index contributed by atoms with van der Waals surface area (Å²) in [5.41, 5.74) is 7.22. The zero-order valence-electron chi connectivity index (χ0n) is 53.9. The molecule has 0 fully saturated rings. The Morgan fingerprint density at radius 1 is 0.705 bits per heavy atom. The van der Waals surface area contributed by atoms with Crippen LogP contribution in [-0.2, 0) is 34.0 Å². The van der Waals surface area contributed by atoms with Gasteiger partial charge in [0.25, 0.3) is 11.5 Å². The minimum Gasteiger partial charge on any atom is -0.480 e. The number of carboxylic acids is 1. The van der Waals surface area contributed by atoms with E-state index in [0.29, 0.717) is 43.1 Å². The molecule has 0 saturated carbocycles. The molecule has 1 aromatic carbocycles. The third-order valence-corrected chi connectivity index (χ3v) is 15.7. The number of allylic oxidation sites excluding steroid dienone is 8. The van der Waals surface area contributed by atoms with Crippen LogP contribution in [0.4, 0.5) is 11.6 Å². The molecule has 88 heavy (non-hydrogen) atoms. The van der Waals surface area contributed by atoms with Gasteiger partial charge in [-0.3, -0.25) is 24.0 Å². The molecule has 8 N–H and O–H groups in total. The number of nitrogens with zero attached hydrogens (tertiary/aromatic N) is 7. The second-order valence-corrected chi connectivity index (χ2v) is 23.6. The molecular formula is C69H110N12O7. The Bertz CT molecular complexity index is 2660. The Hall–Kier alpha value is -6.57. The molecule has 0 unspecified atom stereocenters. The molecule has 0 aliphatic carbocycles. The van der Waals surface area contributed by atoms with Gasteiger partial charge in [0.2, 0.25) is 11.9 Å². The first kappa shape index (κ1) is 73.9. The van der Waals surface area contributed by atoms with Crippen molar-refractivity contribution >= 4 is 40.6 Å². The van der Waals surface area contributed by atoms with Crippen molar-refractivity contribution in [2.24, 2.45) is 0 Å². The maximum Gasteiger partial charge on any atom is 0.326 e. The molecule has 0 saturated heterocycles. The monoisotopic (exact) mass is 1220 g/mol. The number of carbonyl (C=O) groups is 3. The van der Waals surface area contributed by atoms with Crippen molar-refractivity contribution in [1.29, 1.82) is 0 Å². The number of aliphatic hydroxyl groups is 1. The summed E-state index contributed by atoms with van der Waals surface area (Å²) in [5, 5.41) is 38.5. The summed E-state index contributed by atoms with van der Waals surface area (Å²) in [6.07, 6.45) is 56.9. The van der Waals surface area contributed by atoms with Crippen LogP contribution in [0.3, 0.4) is 0 Å². The zero-order chi connectivity index (χ0) is 63.1. The summed E-state index contributed by atoms with van der Waals surface area (Å²) in [5.74, 6) is -3.32. The number of H-pyrrole nitrogens is 1. The van der Waals surface area contributed by atoms with Crippen molar-refractivity contribution in [2.45, 2.75) is 257 Å². The first-order valence-electron chi connectivity index (χ1n) is 33.6. The lowest BCUT2D eigenvalue weighted by Gasteiger charge is -2.29. The Labute approximate surface area is 525 Å². The number of hydrogen-bond acceptors (Lipinski definition) is 14. The van der Waals surface area contributed by atoms with E-state index in [-0.39, 0.29) is 54.5 Å². The lowest BCUT2D eigenvalue weighted by Crippen LogP contribution is -2.41. The van der Waals surface area contributed by atoms with Crippen molar-refractivity contribution in [1.82, 2.24) is 50.5 Å². The third kappa shape index (κ3) is 34.3. The molecule has 19 nitrogen and oxygen atoms in total. The van der Waals surface area contributed by atoms with Crippen molar-refractivity contribution in [2.75, 3.05) is 37.8 Å². The van der Waals surface area contributed by atoms with Crippen molar-refractivity contribution < 1.29 is 29.3 Å².